The average molecular weight is 969 g/mol. The molecule has 3 heterocycles. The Bertz CT molecular complexity index is 3260. The summed E-state index contributed by atoms with van der Waals surface area (Å²) in [5, 5.41) is 2.31. The van der Waals surface area contributed by atoms with Crippen molar-refractivity contribution in [2.45, 2.75) is 51.5 Å². The first-order valence-corrected chi connectivity index (χ1v) is 21.0. The standard InChI is InChI=1S/C56H45N4.Pt/c1-37(2)42-19-6-7-20-43(42)38-31-32-57-54(33-38)60-50-26-13-10-23-46(50)47-30-29-40(35-53(47)60)56(48-24-11-8-21-44(48)45-22-9-12-25-49(45)56)39-17-16-18-41(34-39)58-36-59(55(3,4)5)52-28-15-14-27-51(52)58;/h6-33,36-37H,1-5H3;/q-1;. The summed E-state index contributed by atoms with van der Waals surface area (Å²) in [5.74, 6) is 1.26. The number of hydrogen-bond acceptors (Lipinski definition) is 1. The van der Waals surface area contributed by atoms with Crippen molar-refractivity contribution < 1.29 is 21.1 Å². The number of aromatic nitrogens is 4. The molecule has 0 unspecified atom stereocenters. The summed E-state index contributed by atoms with van der Waals surface area (Å²) in [4.78, 5) is 5.08. The van der Waals surface area contributed by atoms with Crippen molar-refractivity contribution in [3.05, 3.63) is 216 Å². The fourth-order valence-corrected chi connectivity index (χ4v) is 9.94. The summed E-state index contributed by atoms with van der Waals surface area (Å²) in [6, 6.07) is 67.7. The van der Waals surface area contributed by atoms with Crippen LogP contribution in [0.1, 0.15) is 68.4 Å². The zero-order chi connectivity index (χ0) is 40.8. The number of nitrogens with zero attached hydrogens (tertiary/aromatic N) is 4. The molecule has 5 heteroatoms. The van der Waals surface area contributed by atoms with Crippen LogP contribution < -0.4 is 0 Å². The van der Waals surface area contributed by atoms with Gasteiger partial charge in [0, 0.05) is 56.0 Å². The molecule has 0 aliphatic heterocycles. The summed E-state index contributed by atoms with van der Waals surface area (Å²) in [6.07, 6.45) is 4.19. The van der Waals surface area contributed by atoms with Crippen LogP contribution in [-0.2, 0) is 32.0 Å². The van der Waals surface area contributed by atoms with Gasteiger partial charge in [-0.2, -0.15) is 30.3 Å². The Hall–Kier alpha value is -6.35. The molecule has 10 aromatic rings. The Kier molecular flexibility index (Phi) is 9.34. The maximum absolute atomic E-state index is 5.08. The SMILES string of the molecule is CC(C)c1ccccc1-c1ccnc(-n2c3[c-]c(C4(c5[c-]c(-n6[cH+]n(C(C)(C)C)c7ccccc76)ccc5)c5ccccc5-c5ccccc54)ccc3c3ccccc32)c1.[Pt]. The fraction of sp³-hybridized carbons (Fsp3) is 0.143. The Morgan fingerprint density at radius 1 is 0.590 bits per heavy atom. The van der Waals surface area contributed by atoms with E-state index in [-0.39, 0.29) is 26.6 Å². The molecule has 3 aromatic heterocycles. The van der Waals surface area contributed by atoms with Gasteiger partial charge in [-0.25, -0.2) is 14.1 Å². The van der Waals surface area contributed by atoms with Crippen LogP contribution in [0, 0.1) is 12.1 Å². The van der Waals surface area contributed by atoms with E-state index in [4.69, 9.17) is 4.98 Å². The van der Waals surface area contributed by atoms with E-state index in [1.165, 1.54) is 44.3 Å². The largest absolute Gasteiger partial charge is 0.319 e. The molecule has 0 radical (unpaired) electrons. The number of para-hydroxylation sites is 3. The van der Waals surface area contributed by atoms with Crippen LogP contribution >= 0.6 is 0 Å². The van der Waals surface area contributed by atoms with Crippen molar-refractivity contribution in [1.29, 1.82) is 0 Å². The van der Waals surface area contributed by atoms with Gasteiger partial charge in [0.25, 0.3) is 0 Å². The molecule has 0 saturated carbocycles. The van der Waals surface area contributed by atoms with Gasteiger partial charge in [0.1, 0.15) is 5.82 Å². The molecular formula is C56H45N4Pt-. The third-order valence-electron chi connectivity index (χ3n) is 12.6. The van der Waals surface area contributed by atoms with Crippen LogP contribution in [0.3, 0.4) is 0 Å². The Balaban J connectivity index is 0.00000445. The van der Waals surface area contributed by atoms with Crippen LogP contribution in [-0.4, -0.2) is 18.7 Å². The van der Waals surface area contributed by atoms with E-state index in [2.05, 4.69) is 231 Å². The van der Waals surface area contributed by atoms with Crippen LogP contribution in [0.15, 0.2) is 176 Å². The summed E-state index contributed by atoms with van der Waals surface area (Å²) >= 11 is 0. The van der Waals surface area contributed by atoms with Gasteiger partial charge < -0.3 is 4.57 Å². The van der Waals surface area contributed by atoms with Gasteiger partial charge in [-0.3, -0.25) is 0 Å². The molecule has 7 aromatic carbocycles. The van der Waals surface area contributed by atoms with E-state index in [0.717, 1.165) is 50.1 Å². The second-order valence-electron chi connectivity index (χ2n) is 17.4. The summed E-state index contributed by atoms with van der Waals surface area (Å²) < 4.78 is 6.97. The smallest absolute Gasteiger partial charge is 0.188 e. The normalized spacial score (nSPS) is 13.1. The van der Waals surface area contributed by atoms with Crippen molar-refractivity contribution in [2.75, 3.05) is 0 Å². The van der Waals surface area contributed by atoms with Crippen LogP contribution in [0.25, 0.3) is 66.6 Å². The van der Waals surface area contributed by atoms with Crippen molar-refractivity contribution in [2.24, 2.45) is 0 Å². The third kappa shape index (κ3) is 5.91. The second kappa shape index (κ2) is 14.7. The topological polar surface area (TPSA) is 27.7 Å². The van der Waals surface area contributed by atoms with E-state index in [9.17, 15) is 0 Å². The molecule has 0 spiro atoms. The second-order valence-corrected chi connectivity index (χ2v) is 17.4. The van der Waals surface area contributed by atoms with Gasteiger partial charge >= 0.3 is 0 Å². The number of hydrogen-bond donors (Lipinski definition) is 0. The molecule has 4 nitrogen and oxygen atoms in total. The summed E-state index contributed by atoms with van der Waals surface area (Å²) in [6.45, 7) is 11.3. The predicted octanol–water partition coefficient (Wildman–Crippen LogP) is 13.7. The minimum atomic E-state index is -0.715. The van der Waals surface area contributed by atoms with E-state index in [0.29, 0.717) is 5.92 Å². The minimum absolute atomic E-state index is 0. The quantitative estimate of drug-likeness (QED) is 0.153. The molecule has 0 saturated heterocycles. The first-order chi connectivity index (χ1) is 29.2. The van der Waals surface area contributed by atoms with E-state index < -0.39 is 5.41 Å². The van der Waals surface area contributed by atoms with Crippen molar-refractivity contribution in [3.8, 4) is 33.8 Å². The Morgan fingerprint density at radius 2 is 1.21 bits per heavy atom. The van der Waals surface area contributed by atoms with Gasteiger partial charge in [-0.05, 0) is 101 Å². The molecule has 0 amide bonds. The van der Waals surface area contributed by atoms with Crippen LogP contribution in [0.2, 0.25) is 0 Å². The predicted molar refractivity (Wildman–Crippen MR) is 247 cm³/mol. The number of benzene rings is 7. The number of fused-ring (bicyclic) bond motifs is 7. The van der Waals surface area contributed by atoms with Crippen LogP contribution in [0.5, 0.6) is 0 Å². The van der Waals surface area contributed by atoms with Crippen molar-refractivity contribution >= 4 is 32.8 Å². The summed E-state index contributed by atoms with van der Waals surface area (Å²) in [5.41, 5.74) is 15.4. The maximum Gasteiger partial charge on any atom is 0.188 e. The first-order valence-electron chi connectivity index (χ1n) is 21.0. The van der Waals surface area contributed by atoms with Crippen LogP contribution in [0.4, 0.5) is 0 Å². The Labute approximate surface area is 372 Å². The molecule has 1 aliphatic rings. The molecule has 0 fully saturated rings. The average Bonchev–Trinajstić information content (AvgIpc) is 3.94. The van der Waals surface area contributed by atoms with Crippen molar-refractivity contribution in [3.63, 3.8) is 0 Å². The molecule has 0 atom stereocenters. The maximum atomic E-state index is 5.08. The van der Waals surface area contributed by atoms with E-state index in [1.54, 1.807) is 0 Å². The van der Waals surface area contributed by atoms with Gasteiger partial charge in [0.15, 0.2) is 17.4 Å². The monoisotopic (exact) mass is 968 g/mol. The van der Waals surface area contributed by atoms with Gasteiger partial charge in [-0.1, -0.05) is 116 Å². The zero-order valence-electron chi connectivity index (χ0n) is 34.9. The molecule has 0 N–H and O–H groups in total. The molecule has 300 valence electrons. The first kappa shape index (κ1) is 38.8. The Morgan fingerprint density at radius 3 is 1.93 bits per heavy atom. The van der Waals surface area contributed by atoms with Gasteiger partial charge in [-0.15, -0.1) is 22.6 Å². The molecule has 0 bridgehead atoms. The number of rotatable bonds is 6. The van der Waals surface area contributed by atoms with E-state index in [1.807, 2.05) is 6.20 Å². The molecule has 1 aliphatic carbocycles. The number of pyridine rings is 1. The minimum Gasteiger partial charge on any atom is -0.319 e. The van der Waals surface area contributed by atoms with Gasteiger partial charge in [0.2, 0.25) is 0 Å². The molecular weight excluding hydrogens is 924 g/mol. The molecule has 61 heavy (non-hydrogen) atoms. The molecule has 11 rings (SSSR count). The fourth-order valence-electron chi connectivity index (χ4n) is 9.94. The van der Waals surface area contributed by atoms with Crippen molar-refractivity contribution in [1.82, 2.24) is 18.7 Å². The summed E-state index contributed by atoms with van der Waals surface area (Å²) in [7, 11) is 0. The van der Waals surface area contributed by atoms with E-state index >= 15 is 0 Å². The third-order valence-corrected chi connectivity index (χ3v) is 12.6. The van der Waals surface area contributed by atoms with Gasteiger partial charge in [0.05, 0.1) is 5.54 Å². The zero-order valence-corrected chi connectivity index (χ0v) is 37.2. The number of imidazole rings is 1.